The van der Waals surface area contributed by atoms with Gasteiger partial charge in [0.2, 0.25) is 0 Å². The fourth-order valence-corrected chi connectivity index (χ4v) is 2.79. The predicted octanol–water partition coefficient (Wildman–Crippen LogP) is 6.59. The summed E-state index contributed by atoms with van der Waals surface area (Å²) in [5.74, 6) is -0.341. The van der Waals surface area contributed by atoms with Crippen molar-refractivity contribution in [3.63, 3.8) is 0 Å². The normalized spacial score (nSPS) is 12.4. The van der Waals surface area contributed by atoms with Gasteiger partial charge >= 0.3 is 5.97 Å². The molecule has 0 saturated carbocycles. The van der Waals surface area contributed by atoms with Crippen LogP contribution in [0.3, 0.4) is 0 Å². The Balaban J connectivity index is 4.01. The van der Waals surface area contributed by atoms with Gasteiger partial charge < -0.3 is 14.8 Å². The molecule has 0 aliphatic carbocycles. The number of esters is 1. The summed E-state index contributed by atoms with van der Waals surface area (Å²) in [7, 11) is 0. The Morgan fingerprint density at radius 3 is 1.80 bits per heavy atom. The van der Waals surface area contributed by atoms with Crippen LogP contribution in [0.2, 0.25) is 0 Å². The van der Waals surface area contributed by atoms with E-state index in [0.29, 0.717) is 13.2 Å². The monoisotopic (exact) mass is 435 g/mol. The largest absolute Gasteiger partial charge is 0.467 e. The van der Waals surface area contributed by atoms with Crippen LogP contribution >= 0.6 is 12.2 Å². The van der Waals surface area contributed by atoms with E-state index in [0.717, 1.165) is 38.5 Å². The molecule has 0 atom stereocenters. The number of carbonyl (C=O) groups is 1. The summed E-state index contributed by atoms with van der Waals surface area (Å²) in [5.41, 5.74) is 5.58. The maximum absolute atomic E-state index is 11.2. The van der Waals surface area contributed by atoms with Crippen molar-refractivity contribution in [3.8, 4) is 0 Å². The molecule has 0 aromatic rings. The van der Waals surface area contributed by atoms with Crippen molar-refractivity contribution in [2.24, 2.45) is 0 Å². The molecular formula is C25H41NO3S. The van der Waals surface area contributed by atoms with Crippen molar-refractivity contribution >= 4 is 23.4 Å². The van der Waals surface area contributed by atoms with Gasteiger partial charge in [0.15, 0.2) is 0 Å². The molecule has 0 heterocycles. The number of hydrogen-bond acceptors (Lipinski definition) is 4. The van der Waals surface area contributed by atoms with Crippen molar-refractivity contribution in [1.29, 1.82) is 0 Å². The zero-order valence-corrected chi connectivity index (χ0v) is 20.6. The van der Waals surface area contributed by atoms with Gasteiger partial charge in [-0.05, 0) is 98.4 Å². The number of carbonyl (C=O) groups excluding carboxylic acids is 1. The Hall–Kier alpha value is -1.88. The van der Waals surface area contributed by atoms with Gasteiger partial charge in [-0.1, -0.05) is 40.5 Å². The lowest BCUT2D eigenvalue weighted by molar-refractivity contribution is -0.141. The maximum atomic E-state index is 11.2. The quantitative estimate of drug-likeness (QED) is 0.189. The Morgan fingerprint density at radius 2 is 1.30 bits per heavy atom. The molecule has 0 aromatic heterocycles. The molecule has 0 aliphatic rings. The average Bonchev–Trinajstić information content (AvgIpc) is 2.66. The van der Waals surface area contributed by atoms with Crippen molar-refractivity contribution < 1.29 is 14.3 Å². The minimum absolute atomic E-state index is 0.0314. The second-order valence-electron chi connectivity index (χ2n) is 7.81. The Bertz CT molecular complexity index is 641. The van der Waals surface area contributed by atoms with Gasteiger partial charge in [0.25, 0.3) is 5.17 Å². The first kappa shape index (κ1) is 28.1. The molecule has 0 saturated heterocycles. The summed E-state index contributed by atoms with van der Waals surface area (Å²) in [5, 5.41) is 2.95. The maximum Gasteiger partial charge on any atom is 0.325 e. The molecular weight excluding hydrogens is 394 g/mol. The van der Waals surface area contributed by atoms with Crippen LogP contribution in [0.5, 0.6) is 0 Å². The van der Waals surface area contributed by atoms with E-state index in [2.05, 4.69) is 58.2 Å². The summed E-state index contributed by atoms with van der Waals surface area (Å²) >= 11 is 5.04. The van der Waals surface area contributed by atoms with E-state index < -0.39 is 0 Å². The molecule has 30 heavy (non-hydrogen) atoms. The van der Waals surface area contributed by atoms with E-state index in [9.17, 15) is 4.79 Å². The third-order valence-corrected chi connectivity index (χ3v) is 4.75. The number of thiocarbonyl (C=S) groups is 1. The molecule has 0 radical (unpaired) electrons. The third kappa shape index (κ3) is 18.2. The van der Waals surface area contributed by atoms with Crippen LogP contribution in [0.15, 0.2) is 46.6 Å². The summed E-state index contributed by atoms with van der Waals surface area (Å²) in [6.07, 6.45) is 15.6. The van der Waals surface area contributed by atoms with E-state index in [-0.39, 0.29) is 17.7 Å². The fourth-order valence-electron chi connectivity index (χ4n) is 2.65. The molecule has 170 valence electrons. The first-order valence-corrected chi connectivity index (χ1v) is 11.3. The van der Waals surface area contributed by atoms with E-state index in [1.54, 1.807) is 6.92 Å². The first-order chi connectivity index (χ1) is 14.2. The number of allylic oxidation sites excluding steroid dienone is 7. The van der Waals surface area contributed by atoms with Crippen LogP contribution in [0.25, 0.3) is 0 Å². The molecule has 0 aromatic carbocycles. The second-order valence-corrected chi connectivity index (χ2v) is 8.18. The summed E-state index contributed by atoms with van der Waals surface area (Å²) in [6.45, 7) is 13.4. The van der Waals surface area contributed by atoms with E-state index in [1.807, 2.05) is 6.08 Å². The highest BCUT2D eigenvalue weighted by Gasteiger charge is 2.03. The van der Waals surface area contributed by atoms with E-state index >= 15 is 0 Å². The lowest BCUT2D eigenvalue weighted by atomic mass is 10.0. The van der Waals surface area contributed by atoms with Gasteiger partial charge in [-0.2, -0.15) is 0 Å². The fraction of sp³-hybridized carbons (Fsp3) is 0.600. The Kier molecular flexibility index (Phi) is 16.8. The van der Waals surface area contributed by atoms with Crippen molar-refractivity contribution in [1.82, 2.24) is 5.32 Å². The highest BCUT2D eigenvalue weighted by Crippen LogP contribution is 2.13. The van der Waals surface area contributed by atoms with Crippen molar-refractivity contribution in [2.45, 2.75) is 80.1 Å². The zero-order chi connectivity index (χ0) is 22.8. The number of ether oxygens (including phenoxy) is 2. The van der Waals surface area contributed by atoms with Gasteiger partial charge in [0.1, 0.15) is 13.2 Å². The first-order valence-electron chi connectivity index (χ1n) is 10.9. The molecule has 0 fully saturated rings. The highest BCUT2D eigenvalue weighted by molar-refractivity contribution is 7.80. The molecule has 0 aliphatic heterocycles. The Labute approximate surface area is 189 Å². The lowest BCUT2D eigenvalue weighted by Gasteiger charge is -2.08. The summed E-state index contributed by atoms with van der Waals surface area (Å²) in [4.78, 5) is 11.2. The molecule has 1 N–H and O–H groups in total. The Morgan fingerprint density at radius 1 is 0.800 bits per heavy atom. The number of hydrogen-bond donors (Lipinski definition) is 1. The van der Waals surface area contributed by atoms with Crippen LogP contribution in [0.4, 0.5) is 0 Å². The average molecular weight is 436 g/mol. The summed E-state index contributed by atoms with van der Waals surface area (Å²) < 4.78 is 10.2. The van der Waals surface area contributed by atoms with Crippen LogP contribution < -0.4 is 5.32 Å². The van der Waals surface area contributed by atoms with Crippen molar-refractivity contribution in [2.75, 3.05) is 19.8 Å². The van der Waals surface area contributed by atoms with Gasteiger partial charge in [-0.3, -0.25) is 4.79 Å². The molecule has 0 bridgehead atoms. The smallest absolute Gasteiger partial charge is 0.325 e. The van der Waals surface area contributed by atoms with Gasteiger partial charge in [0, 0.05) is 0 Å². The van der Waals surface area contributed by atoms with Crippen molar-refractivity contribution in [3.05, 3.63) is 46.6 Å². The number of rotatable bonds is 14. The van der Waals surface area contributed by atoms with Gasteiger partial charge in [-0.25, -0.2) is 0 Å². The molecule has 0 rings (SSSR count). The molecule has 0 unspecified atom stereocenters. The lowest BCUT2D eigenvalue weighted by Crippen LogP contribution is -2.31. The van der Waals surface area contributed by atoms with Gasteiger partial charge in [-0.15, -0.1) is 0 Å². The van der Waals surface area contributed by atoms with Crippen LogP contribution in [0.1, 0.15) is 80.1 Å². The molecule has 0 spiro atoms. The highest BCUT2D eigenvalue weighted by atomic mass is 32.1. The molecule has 0 amide bonds. The van der Waals surface area contributed by atoms with E-state index in [1.165, 1.54) is 22.3 Å². The predicted molar refractivity (Wildman–Crippen MR) is 132 cm³/mol. The molecule has 5 heteroatoms. The minimum atomic E-state index is -0.341. The zero-order valence-electron chi connectivity index (χ0n) is 19.8. The molecule has 4 nitrogen and oxygen atoms in total. The standard InChI is InChI=1S/C25H41NO3S/c1-7-28-24(27)19-26-25(30)29-18-17-23(6)16-10-15-22(5)14-9-13-21(4)12-8-11-20(2)3/h11,13,15,17H,7-10,12,14,16,18-19H2,1-6H3,(H,26,30). The minimum Gasteiger partial charge on any atom is -0.467 e. The number of nitrogens with one attached hydrogen (secondary N) is 1. The van der Waals surface area contributed by atoms with Gasteiger partial charge in [0.05, 0.1) is 6.61 Å². The second kappa shape index (κ2) is 17.9. The summed E-state index contributed by atoms with van der Waals surface area (Å²) in [6, 6.07) is 0. The third-order valence-electron chi connectivity index (χ3n) is 4.48. The van der Waals surface area contributed by atoms with E-state index in [4.69, 9.17) is 21.7 Å². The van der Waals surface area contributed by atoms with Crippen LogP contribution in [0, 0.1) is 0 Å². The van der Waals surface area contributed by atoms with Crippen LogP contribution in [-0.4, -0.2) is 30.9 Å². The van der Waals surface area contributed by atoms with Crippen LogP contribution in [-0.2, 0) is 14.3 Å². The SMILES string of the molecule is CCOC(=O)CNC(=S)OCC=C(C)CCC=C(C)CCC=C(C)CCC=C(C)C. The topological polar surface area (TPSA) is 47.6 Å².